The SMILES string of the molecule is CCc1nc(-c2ccc3c(c2)OCC3N)no1.CCc1nc(-c2ccc3c(c2)OCC3NC(=O)c2ccnn2C)no1.Cn1nccc1C(=O)O. The fraction of sp³-hybridized carbons (Fsp3) is 0.294. The van der Waals surface area contributed by atoms with Gasteiger partial charge in [-0.1, -0.05) is 48.4 Å². The standard InChI is InChI=1S/C17H17N5O3.C12H13N3O2.C5H6N2O2/c1-3-15-20-16(21-25-15)10-4-5-11-12(9-24-14(11)8-10)19-17(23)13-6-7-18-22(13)2;1-2-11-14-12(15-17-11)7-3-4-8-9(13)6-16-10(8)5-7;1-7-4(5(8)9)2-3-6-7/h4-8,12H,3,9H2,1-2H3,(H,19,23);3-5,9H,2,6,13H2,1H3;2-3H,1H3,(H,8,9). The highest BCUT2D eigenvalue weighted by Crippen LogP contribution is 2.36. The lowest BCUT2D eigenvalue weighted by Crippen LogP contribution is -2.30. The van der Waals surface area contributed by atoms with E-state index in [2.05, 4.69) is 35.8 Å². The first-order chi connectivity index (χ1) is 24.6. The molecule has 2 atom stereocenters. The van der Waals surface area contributed by atoms with Gasteiger partial charge in [0.1, 0.15) is 36.1 Å². The molecule has 0 saturated heterocycles. The number of hydrogen-bond donors (Lipinski definition) is 3. The summed E-state index contributed by atoms with van der Waals surface area (Å²) in [5.74, 6) is 2.76. The van der Waals surface area contributed by atoms with Crippen molar-refractivity contribution in [2.24, 2.45) is 19.8 Å². The first-order valence-corrected chi connectivity index (χ1v) is 16.1. The van der Waals surface area contributed by atoms with Crippen LogP contribution in [0.25, 0.3) is 22.8 Å². The number of amides is 1. The molecule has 17 heteroatoms. The highest BCUT2D eigenvalue weighted by atomic mass is 16.5. The van der Waals surface area contributed by atoms with E-state index in [4.69, 9.17) is 29.4 Å². The normalized spacial score (nSPS) is 15.3. The molecule has 17 nitrogen and oxygen atoms in total. The molecule has 0 fully saturated rings. The number of carbonyl (C=O) groups excluding carboxylic acids is 1. The van der Waals surface area contributed by atoms with Gasteiger partial charge < -0.3 is 34.7 Å². The Bertz CT molecular complexity index is 2150. The number of carboxylic acid groups (broad SMARTS) is 1. The number of nitrogens with zero attached hydrogens (tertiary/aromatic N) is 8. The first-order valence-electron chi connectivity index (χ1n) is 16.1. The second-order valence-corrected chi connectivity index (χ2v) is 11.5. The highest BCUT2D eigenvalue weighted by Gasteiger charge is 2.28. The van der Waals surface area contributed by atoms with Crippen molar-refractivity contribution in [1.82, 2.24) is 45.2 Å². The van der Waals surface area contributed by atoms with Crippen LogP contribution in [0.4, 0.5) is 0 Å². The van der Waals surface area contributed by atoms with E-state index in [0.717, 1.165) is 40.2 Å². The summed E-state index contributed by atoms with van der Waals surface area (Å²) in [7, 11) is 3.32. The fourth-order valence-corrected chi connectivity index (χ4v) is 5.29. The summed E-state index contributed by atoms with van der Waals surface area (Å²) >= 11 is 0. The van der Waals surface area contributed by atoms with Gasteiger partial charge in [0, 0.05) is 61.6 Å². The van der Waals surface area contributed by atoms with E-state index in [0.29, 0.717) is 48.8 Å². The largest absolute Gasteiger partial charge is 0.491 e. The van der Waals surface area contributed by atoms with Gasteiger partial charge in [-0.15, -0.1) is 0 Å². The second kappa shape index (κ2) is 15.0. The van der Waals surface area contributed by atoms with E-state index in [1.165, 1.54) is 21.6 Å². The topological polar surface area (TPSA) is 224 Å². The Balaban J connectivity index is 0.000000148. The van der Waals surface area contributed by atoms with Crippen molar-refractivity contribution in [1.29, 1.82) is 0 Å². The van der Waals surface area contributed by atoms with Crippen LogP contribution in [-0.4, -0.2) is 70.0 Å². The van der Waals surface area contributed by atoms with Crippen LogP contribution in [0.5, 0.6) is 11.5 Å². The van der Waals surface area contributed by atoms with Gasteiger partial charge in [-0.25, -0.2) is 4.79 Å². The summed E-state index contributed by atoms with van der Waals surface area (Å²) in [6.45, 7) is 4.85. The average molecular weight is 697 g/mol. The minimum atomic E-state index is -0.949. The maximum absolute atomic E-state index is 12.4. The molecule has 264 valence electrons. The van der Waals surface area contributed by atoms with Gasteiger partial charge in [0.2, 0.25) is 23.4 Å². The summed E-state index contributed by atoms with van der Waals surface area (Å²) in [6, 6.07) is 14.4. The first kappa shape index (κ1) is 34.5. The molecule has 1 amide bonds. The van der Waals surface area contributed by atoms with E-state index >= 15 is 0 Å². The average Bonchev–Trinajstić information content (AvgIpc) is 3.99. The number of ether oxygens (including phenoxy) is 2. The summed E-state index contributed by atoms with van der Waals surface area (Å²) in [4.78, 5) is 31.2. The van der Waals surface area contributed by atoms with Crippen LogP contribution in [0.15, 0.2) is 70.0 Å². The van der Waals surface area contributed by atoms with Gasteiger partial charge in [-0.05, 0) is 24.3 Å². The Morgan fingerprint density at radius 3 is 1.82 bits per heavy atom. The lowest BCUT2D eigenvalue weighted by Gasteiger charge is -2.11. The zero-order valence-electron chi connectivity index (χ0n) is 28.3. The van der Waals surface area contributed by atoms with E-state index in [1.54, 1.807) is 26.4 Å². The summed E-state index contributed by atoms with van der Waals surface area (Å²) < 4.78 is 24.3. The molecule has 0 aliphatic carbocycles. The van der Waals surface area contributed by atoms with Gasteiger partial charge in [0.05, 0.1) is 12.1 Å². The smallest absolute Gasteiger partial charge is 0.354 e. The lowest BCUT2D eigenvalue weighted by atomic mass is 10.1. The maximum Gasteiger partial charge on any atom is 0.354 e. The molecule has 0 bridgehead atoms. The number of hydrogen-bond acceptors (Lipinski definition) is 13. The molecular formula is C34H36N10O7. The molecule has 2 unspecified atom stereocenters. The quantitative estimate of drug-likeness (QED) is 0.216. The van der Waals surface area contributed by atoms with Crippen LogP contribution in [0.1, 0.15) is 69.8 Å². The van der Waals surface area contributed by atoms with Crippen molar-refractivity contribution < 1.29 is 33.2 Å². The van der Waals surface area contributed by atoms with E-state index < -0.39 is 5.97 Å². The minimum Gasteiger partial charge on any atom is -0.491 e. The summed E-state index contributed by atoms with van der Waals surface area (Å²) in [5.41, 5.74) is 10.3. The number of aryl methyl sites for hydroxylation is 4. The third-order valence-electron chi connectivity index (χ3n) is 8.08. The molecule has 2 aliphatic rings. The Kier molecular flexibility index (Phi) is 10.2. The molecule has 4 N–H and O–H groups in total. The van der Waals surface area contributed by atoms with Crippen molar-refractivity contribution in [2.75, 3.05) is 13.2 Å². The molecule has 6 aromatic rings. The fourth-order valence-electron chi connectivity index (χ4n) is 5.29. The van der Waals surface area contributed by atoms with E-state index in [1.807, 2.05) is 50.2 Å². The monoisotopic (exact) mass is 696 g/mol. The van der Waals surface area contributed by atoms with Gasteiger partial charge in [-0.3, -0.25) is 14.2 Å². The second-order valence-electron chi connectivity index (χ2n) is 11.5. The van der Waals surface area contributed by atoms with Crippen molar-refractivity contribution in [3.63, 3.8) is 0 Å². The van der Waals surface area contributed by atoms with Gasteiger partial charge >= 0.3 is 5.97 Å². The lowest BCUT2D eigenvalue weighted by molar-refractivity contribution is 0.0684. The predicted octanol–water partition coefficient (Wildman–Crippen LogP) is 3.71. The Labute approximate surface area is 291 Å². The maximum atomic E-state index is 12.4. The molecule has 0 saturated carbocycles. The molecule has 8 rings (SSSR count). The molecule has 51 heavy (non-hydrogen) atoms. The van der Waals surface area contributed by atoms with Crippen LogP contribution in [0.2, 0.25) is 0 Å². The Morgan fingerprint density at radius 2 is 1.33 bits per heavy atom. The minimum absolute atomic E-state index is 0.0319. The molecule has 2 aromatic carbocycles. The van der Waals surface area contributed by atoms with E-state index in [9.17, 15) is 9.59 Å². The van der Waals surface area contributed by atoms with Crippen LogP contribution >= 0.6 is 0 Å². The number of nitrogens with one attached hydrogen (secondary N) is 1. The number of nitrogens with two attached hydrogens (primary N) is 1. The van der Waals surface area contributed by atoms with Crippen LogP contribution in [0.3, 0.4) is 0 Å². The van der Waals surface area contributed by atoms with Crippen LogP contribution in [0, 0.1) is 0 Å². The molecular weight excluding hydrogens is 660 g/mol. The Hall–Kier alpha value is -6.36. The highest BCUT2D eigenvalue weighted by molar-refractivity contribution is 5.92. The number of benzene rings is 2. The summed E-state index contributed by atoms with van der Waals surface area (Å²) in [5, 5.41) is 27.0. The number of fused-ring (bicyclic) bond motifs is 2. The number of aromatic carboxylic acids is 1. The van der Waals surface area contributed by atoms with E-state index in [-0.39, 0.29) is 23.7 Å². The van der Waals surface area contributed by atoms with Crippen LogP contribution < -0.4 is 20.5 Å². The van der Waals surface area contributed by atoms with Crippen molar-refractivity contribution in [3.8, 4) is 34.3 Å². The van der Waals surface area contributed by atoms with Crippen molar-refractivity contribution in [2.45, 2.75) is 38.8 Å². The van der Waals surface area contributed by atoms with Gasteiger partial charge in [-0.2, -0.15) is 20.2 Å². The van der Waals surface area contributed by atoms with Crippen molar-refractivity contribution >= 4 is 11.9 Å². The van der Waals surface area contributed by atoms with Crippen molar-refractivity contribution in [3.05, 3.63) is 95.2 Å². The molecule has 6 heterocycles. The number of aromatic nitrogens is 8. The molecule has 0 radical (unpaired) electrons. The third-order valence-corrected chi connectivity index (χ3v) is 8.08. The zero-order valence-corrected chi connectivity index (χ0v) is 28.3. The number of carbonyl (C=O) groups is 2. The zero-order chi connectivity index (χ0) is 36.1. The number of rotatable bonds is 7. The third kappa shape index (κ3) is 7.62. The number of carboxylic acids is 1. The summed E-state index contributed by atoms with van der Waals surface area (Å²) in [6.07, 6.45) is 4.47. The predicted molar refractivity (Wildman–Crippen MR) is 180 cm³/mol. The van der Waals surface area contributed by atoms with Gasteiger partial charge in [0.15, 0.2) is 0 Å². The molecule has 0 spiro atoms. The molecule has 2 aliphatic heterocycles. The van der Waals surface area contributed by atoms with Crippen LogP contribution in [-0.2, 0) is 26.9 Å². The molecule has 4 aromatic heterocycles. The van der Waals surface area contributed by atoms with Gasteiger partial charge in [0.25, 0.3) is 5.91 Å². The Morgan fingerprint density at radius 1 is 0.804 bits per heavy atom.